The number of rotatable bonds is 27. The number of amides is 6. The second-order valence-corrected chi connectivity index (χ2v) is 11.7. The third-order valence-electron chi connectivity index (χ3n) is 7.14. The first kappa shape index (κ1) is 48.6. The molecule has 0 aromatic rings. The van der Waals surface area contributed by atoms with Crippen molar-refractivity contribution in [2.75, 3.05) is 6.61 Å². The molecule has 0 aliphatic rings. The molecule has 15 N–H and O–H groups in total. The standard InChI is InChI=1S/C29H43N7O19/c1-11(23(48)32-14(4-7-20(42)43)26(51)36-17(10-37)28(53)35-16(29(54)55)9-22(46)47)31-25(50)13(3-6-19(40)41)33-27(52)15(8-21(44)45)34-24(49)12(30)2-5-18(38)39/h11-17,37H,2-10,30H2,1H3,(H,31,50)(H,32,48)(H,33,52)(H,34,49)(H,35,53)(H,36,51)(H,38,39)(H,40,41)(H,42,43)(H,44,45)(H,46,47)(H,54,55)/t11-,12-,13-,14-,15-,16-,17-/m0/s1. The Balaban J connectivity index is 5.99. The average Bonchev–Trinajstić information content (AvgIpc) is 3.07. The van der Waals surface area contributed by atoms with Gasteiger partial charge in [0.05, 0.1) is 25.5 Å². The summed E-state index contributed by atoms with van der Waals surface area (Å²) in [6.07, 6.45) is -5.95. The topological polar surface area (TPSA) is 445 Å². The Labute approximate surface area is 309 Å². The minimum Gasteiger partial charge on any atom is -0.481 e. The van der Waals surface area contributed by atoms with Crippen LogP contribution in [0.1, 0.15) is 58.3 Å². The Morgan fingerprint density at radius 1 is 0.436 bits per heavy atom. The lowest BCUT2D eigenvalue weighted by atomic mass is 10.1. The van der Waals surface area contributed by atoms with E-state index < -0.39 is 172 Å². The van der Waals surface area contributed by atoms with Crippen LogP contribution >= 0.6 is 0 Å². The molecule has 0 saturated heterocycles. The van der Waals surface area contributed by atoms with Gasteiger partial charge in [0, 0.05) is 19.3 Å². The average molecular weight is 794 g/mol. The molecule has 0 unspecified atom stereocenters. The maximum atomic E-state index is 13.1. The lowest BCUT2D eigenvalue weighted by Gasteiger charge is -2.26. The quantitative estimate of drug-likeness (QED) is 0.0368. The molecule has 0 saturated carbocycles. The minimum absolute atomic E-state index is 0.399. The molecule has 0 fully saturated rings. The van der Waals surface area contributed by atoms with Crippen LogP contribution in [0.25, 0.3) is 0 Å². The second kappa shape index (κ2) is 24.0. The van der Waals surface area contributed by atoms with Gasteiger partial charge < -0.3 is 73.4 Å². The summed E-state index contributed by atoms with van der Waals surface area (Å²) < 4.78 is 0. The van der Waals surface area contributed by atoms with Gasteiger partial charge in [0.2, 0.25) is 35.4 Å². The van der Waals surface area contributed by atoms with E-state index in [1.54, 1.807) is 5.32 Å². The highest BCUT2D eigenvalue weighted by atomic mass is 16.4. The van der Waals surface area contributed by atoms with Gasteiger partial charge in [-0.25, -0.2) is 4.79 Å². The summed E-state index contributed by atoms with van der Waals surface area (Å²) in [5.74, 6) is -16.8. The summed E-state index contributed by atoms with van der Waals surface area (Å²) in [6.45, 7) is -0.152. The largest absolute Gasteiger partial charge is 0.481 e. The number of carbonyl (C=O) groups excluding carboxylic acids is 6. The Morgan fingerprint density at radius 2 is 0.782 bits per heavy atom. The van der Waals surface area contributed by atoms with Crippen LogP contribution in [0.4, 0.5) is 0 Å². The molecule has 308 valence electrons. The number of aliphatic hydroxyl groups excluding tert-OH is 1. The number of nitrogens with two attached hydrogens (primary N) is 1. The molecule has 0 radical (unpaired) electrons. The molecular formula is C29H43N7O19. The zero-order chi connectivity index (χ0) is 42.6. The first-order valence-corrected chi connectivity index (χ1v) is 16.0. The lowest BCUT2D eigenvalue weighted by molar-refractivity contribution is -0.147. The number of aliphatic carboxylic acids is 6. The molecule has 6 amide bonds. The smallest absolute Gasteiger partial charge is 0.326 e. The molecular weight excluding hydrogens is 750 g/mol. The van der Waals surface area contributed by atoms with Gasteiger partial charge in [-0.2, -0.15) is 0 Å². The minimum atomic E-state index is -1.98. The maximum absolute atomic E-state index is 13.1. The van der Waals surface area contributed by atoms with Gasteiger partial charge in [-0.3, -0.25) is 52.7 Å². The Kier molecular flexibility index (Phi) is 21.2. The van der Waals surface area contributed by atoms with E-state index in [2.05, 4.69) is 16.0 Å². The third kappa shape index (κ3) is 19.8. The van der Waals surface area contributed by atoms with Gasteiger partial charge in [0.1, 0.15) is 36.3 Å². The molecule has 0 bridgehead atoms. The number of carboxylic acid groups (broad SMARTS) is 6. The van der Waals surface area contributed by atoms with E-state index in [0.29, 0.717) is 0 Å². The van der Waals surface area contributed by atoms with Crippen molar-refractivity contribution in [2.24, 2.45) is 5.73 Å². The molecule has 0 heterocycles. The fourth-order valence-corrected chi connectivity index (χ4v) is 4.21. The number of hydrogen-bond acceptors (Lipinski definition) is 14. The van der Waals surface area contributed by atoms with E-state index >= 15 is 0 Å². The van der Waals surface area contributed by atoms with Crippen molar-refractivity contribution >= 4 is 71.3 Å². The number of carbonyl (C=O) groups is 12. The maximum Gasteiger partial charge on any atom is 0.326 e. The molecule has 0 aromatic heterocycles. The Hall–Kier alpha value is -6.44. The molecule has 26 nitrogen and oxygen atoms in total. The fourth-order valence-electron chi connectivity index (χ4n) is 4.21. The molecule has 0 aromatic carbocycles. The summed E-state index contributed by atoms with van der Waals surface area (Å²) in [5, 5.41) is 75.9. The van der Waals surface area contributed by atoms with Gasteiger partial charge in [-0.15, -0.1) is 0 Å². The molecule has 55 heavy (non-hydrogen) atoms. The molecule has 0 aliphatic heterocycles. The molecule has 7 atom stereocenters. The zero-order valence-electron chi connectivity index (χ0n) is 29.0. The first-order chi connectivity index (χ1) is 25.5. The van der Waals surface area contributed by atoms with Crippen LogP contribution in [0.15, 0.2) is 0 Å². The summed E-state index contributed by atoms with van der Waals surface area (Å²) >= 11 is 0. The van der Waals surface area contributed by atoms with Crippen LogP contribution in [0.5, 0.6) is 0 Å². The van der Waals surface area contributed by atoms with Crippen molar-refractivity contribution in [2.45, 2.75) is 101 Å². The van der Waals surface area contributed by atoms with Gasteiger partial charge in [0.15, 0.2) is 0 Å². The molecule has 26 heteroatoms. The number of aliphatic hydroxyl groups is 1. The highest BCUT2D eigenvalue weighted by molar-refractivity contribution is 5.98. The molecule has 0 rings (SSSR count). The number of hydrogen-bond donors (Lipinski definition) is 14. The van der Waals surface area contributed by atoms with Crippen LogP contribution in [0.3, 0.4) is 0 Å². The number of nitrogens with one attached hydrogen (secondary N) is 6. The predicted molar refractivity (Wildman–Crippen MR) is 175 cm³/mol. The SMILES string of the molecule is C[C@H](NC(=O)[C@H](CCC(=O)O)NC(=O)[C@H](CC(=O)O)NC(=O)[C@@H](N)CCC(=O)O)C(=O)N[C@@H](CCC(=O)O)C(=O)N[C@@H](CO)C(=O)N[C@@H](CC(=O)O)C(=O)O. The molecule has 0 aliphatic carbocycles. The summed E-state index contributed by atoms with van der Waals surface area (Å²) in [6, 6.07) is -12.6. The van der Waals surface area contributed by atoms with E-state index in [0.717, 1.165) is 6.92 Å². The summed E-state index contributed by atoms with van der Waals surface area (Å²) in [4.78, 5) is 144. The first-order valence-electron chi connectivity index (χ1n) is 16.0. The monoisotopic (exact) mass is 793 g/mol. The number of carboxylic acids is 6. The van der Waals surface area contributed by atoms with Crippen molar-refractivity contribution in [1.82, 2.24) is 31.9 Å². The van der Waals surface area contributed by atoms with Crippen molar-refractivity contribution in [1.29, 1.82) is 0 Å². The van der Waals surface area contributed by atoms with E-state index in [1.807, 2.05) is 10.6 Å². The normalized spacial score (nSPS) is 14.5. The van der Waals surface area contributed by atoms with Gasteiger partial charge in [-0.05, 0) is 26.2 Å². The van der Waals surface area contributed by atoms with E-state index in [4.69, 9.17) is 31.3 Å². The molecule has 0 spiro atoms. The van der Waals surface area contributed by atoms with E-state index in [1.165, 1.54) is 0 Å². The zero-order valence-corrected chi connectivity index (χ0v) is 29.0. The summed E-state index contributed by atoms with van der Waals surface area (Å²) in [5.41, 5.74) is 5.59. The highest BCUT2D eigenvalue weighted by Gasteiger charge is 2.34. The Morgan fingerprint density at radius 3 is 1.22 bits per heavy atom. The second-order valence-electron chi connectivity index (χ2n) is 11.7. The van der Waals surface area contributed by atoms with Crippen molar-refractivity contribution in [3.05, 3.63) is 0 Å². The van der Waals surface area contributed by atoms with E-state index in [-0.39, 0.29) is 0 Å². The van der Waals surface area contributed by atoms with Crippen LogP contribution in [0.2, 0.25) is 0 Å². The van der Waals surface area contributed by atoms with Crippen molar-refractivity contribution in [3.8, 4) is 0 Å². The van der Waals surface area contributed by atoms with Gasteiger partial charge in [0.25, 0.3) is 0 Å². The van der Waals surface area contributed by atoms with Crippen LogP contribution in [-0.4, -0.2) is 156 Å². The Bertz CT molecular complexity index is 1490. The van der Waals surface area contributed by atoms with Gasteiger partial charge in [-0.1, -0.05) is 0 Å². The van der Waals surface area contributed by atoms with Crippen LogP contribution in [0, 0.1) is 0 Å². The van der Waals surface area contributed by atoms with Crippen LogP contribution < -0.4 is 37.6 Å². The van der Waals surface area contributed by atoms with Gasteiger partial charge >= 0.3 is 35.8 Å². The van der Waals surface area contributed by atoms with Crippen molar-refractivity contribution < 1.29 is 93.3 Å². The van der Waals surface area contributed by atoms with E-state index in [9.17, 15) is 67.7 Å². The lowest BCUT2D eigenvalue weighted by Crippen LogP contribution is -2.60. The van der Waals surface area contributed by atoms with Crippen LogP contribution in [-0.2, 0) is 57.5 Å². The highest BCUT2D eigenvalue weighted by Crippen LogP contribution is 2.06. The predicted octanol–water partition coefficient (Wildman–Crippen LogP) is -6.14. The summed E-state index contributed by atoms with van der Waals surface area (Å²) in [7, 11) is 0. The third-order valence-corrected chi connectivity index (χ3v) is 7.14. The van der Waals surface area contributed by atoms with Crippen molar-refractivity contribution in [3.63, 3.8) is 0 Å². The fraction of sp³-hybridized carbons (Fsp3) is 0.586.